The first-order valence-electron chi connectivity index (χ1n) is 26.6. The molecular weight excluding hydrogens is 942 g/mol. The van der Waals surface area contributed by atoms with E-state index in [0.29, 0.717) is 0 Å². The Bertz CT molecular complexity index is 4350. The lowest BCUT2D eigenvalue weighted by atomic mass is 9.37. The minimum atomic E-state index is -0.146. The summed E-state index contributed by atoms with van der Waals surface area (Å²) in [4.78, 5) is 7.45. The van der Waals surface area contributed by atoms with E-state index in [1.807, 2.05) is 11.8 Å². The van der Waals surface area contributed by atoms with Gasteiger partial charge in [-0.2, -0.15) is 0 Å². The van der Waals surface area contributed by atoms with Crippen LogP contribution in [0.15, 0.2) is 233 Å². The smallest absolute Gasteiger partial charge is 0.295 e. The first kappa shape index (κ1) is 45.0. The molecule has 0 bridgehead atoms. The Kier molecular flexibility index (Phi) is 9.78. The van der Waals surface area contributed by atoms with Gasteiger partial charge in [0.2, 0.25) is 0 Å². The van der Waals surface area contributed by atoms with Crippen molar-refractivity contribution in [1.29, 1.82) is 0 Å². The maximum atomic E-state index is 7.43. The van der Waals surface area contributed by atoms with Crippen LogP contribution in [0, 0.1) is 0 Å². The number of hydrogen-bond donors (Lipinski definition) is 0. The lowest BCUT2D eigenvalue weighted by molar-refractivity contribution is 0.589. The zero-order chi connectivity index (χ0) is 51.2. The minimum absolute atomic E-state index is 0.0821. The van der Waals surface area contributed by atoms with Gasteiger partial charge in [0.1, 0.15) is 5.58 Å². The first-order valence-corrected chi connectivity index (χ1v) is 27.4. The number of nitrogens with zero attached hydrogens (tertiary/aromatic N) is 3. The Morgan fingerprint density at radius 2 is 1.07 bits per heavy atom. The van der Waals surface area contributed by atoms with Gasteiger partial charge in [0.15, 0.2) is 0 Å². The number of fused-ring (bicyclic) bond motifs is 12. The zero-order valence-electron chi connectivity index (χ0n) is 43.5. The van der Waals surface area contributed by atoms with Crippen molar-refractivity contribution in [2.45, 2.75) is 62.2 Å². The fourth-order valence-electron chi connectivity index (χ4n) is 12.5. The average Bonchev–Trinajstić information content (AvgIpc) is 4.13. The van der Waals surface area contributed by atoms with Gasteiger partial charge >= 0.3 is 0 Å². The molecule has 0 saturated carbocycles. The molecule has 0 saturated heterocycles. The number of hydrogen-bond acceptors (Lipinski definition) is 4. The van der Waals surface area contributed by atoms with Gasteiger partial charge < -0.3 is 18.6 Å². The van der Waals surface area contributed by atoms with Gasteiger partial charge in [0, 0.05) is 65.0 Å². The molecule has 364 valence electrons. The standard InChI is InChI=1S/C70H54BN3OS/c1-69(2,3)46-31-35-62-56(39-46)67-68(75-62)71-57-33-32-50(72(48-22-12-8-13-23-48)49-24-14-9-15-25-49)42-63(57)76-64-41-47(70(4,5)6)40-61(65(64)71)74(67)60-34-30-44(36-53(60)43-20-10-7-11-21-43)45-37-54-51-26-16-18-28-58(51)73-59-29-19-17-27-52(59)55(38-45)66(54)73/h7-42H,1-6H3. The maximum absolute atomic E-state index is 7.43. The molecule has 0 radical (unpaired) electrons. The second-order valence-electron chi connectivity index (χ2n) is 22.9. The number of furan rings is 1. The van der Waals surface area contributed by atoms with E-state index in [1.54, 1.807) is 0 Å². The Morgan fingerprint density at radius 3 is 1.71 bits per heavy atom. The summed E-state index contributed by atoms with van der Waals surface area (Å²) in [5.74, 6) is 0. The quantitative estimate of drug-likeness (QED) is 0.155. The van der Waals surface area contributed by atoms with Crippen LogP contribution in [0.5, 0.6) is 0 Å². The molecule has 4 nitrogen and oxygen atoms in total. The number of para-hydroxylation sites is 4. The first-order chi connectivity index (χ1) is 37.0. The van der Waals surface area contributed by atoms with Crippen LogP contribution in [0.25, 0.3) is 71.3 Å². The van der Waals surface area contributed by atoms with Crippen LogP contribution >= 0.6 is 11.8 Å². The second-order valence-corrected chi connectivity index (χ2v) is 24.0. The molecule has 0 unspecified atom stereocenters. The summed E-state index contributed by atoms with van der Waals surface area (Å²) >= 11 is 1.90. The van der Waals surface area contributed by atoms with Crippen LogP contribution in [0.1, 0.15) is 52.7 Å². The Labute approximate surface area is 448 Å². The van der Waals surface area contributed by atoms with Gasteiger partial charge in [0.05, 0.1) is 33.6 Å². The molecule has 0 spiro atoms. The highest BCUT2D eigenvalue weighted by Crippen LogP contribution is 2.51. The van der Waals surface area contributed by atoms with Crippen LogP contribution in [0.2, 0.25) is 0 Å². The van der Waals surface area contributed by atoms with E-state index in [9.17, 15) is 0 Å². The maximum Gasteiger partial charge on any atom is 0.295 e. The van der Waals surface area contributed by atoms with Gasteiger partial charge in [0.25, 0.3) is 6.71 Å². The van der Waals surface area contributed by atoms with Crippen LogP contribution in [0.3, 0.4) is 0 Å². The SMILES string of the molecule is CC(C)(C)c1cc2c3c(c1)N(c1ccc(-c4cc5c6ccccc6n6c7ccccc7c(c4)c56)cc1-c1ccccc1)c1c(oc4ccc(C(C)(C)C)cc14)B3c1ccc(N(c3ccccc3)c3ccccc3)cc1S2. The predicted molar refractivity (Wildman–Crippen MR) is 324 cm³/mol. The molecule has 10 aromatic carbocycles. The highest BCUT2D eigenvalue weighted by Gasteiger charge is 2.46. The topological polar surface area (TPSA) is 24.0 Å². The fourth-order valence-corrected chi connectivity index (χ4v) is 13.7. The summed E-state index contributed by atoms with van der Waals surface area (Å²) in [5, 5.41) is 6.23. The molecule has 3 aromatic heterocycles. The molecule has 13 aromatic rings. The summed E-state index contributed by atoms with van der Waals surface area (Å²) in [6.07, 6.45) is 0. The molecule has 6 heteroatoms. The molecule has 0 amide bonds. The number of anilines is 6. The van der Waals surface area contributed by atoms with Gasteiger partial charge in [-0.15, -0.1) is 0 Å². The summed E-state index contributed by atoms with van der Waals surface area (Å²) in [7, 11) is 0. The van der Waals surface area contributed by atoms with Crippen molar-refractivity contribution in [3.8, 4) is 22.3 Å². The van der Waals surface area contributed by atoms with Crippen molar-refractivity contribution in [1.82, 2.24) is 4.40 Å². The van der Waals surface area contributed by atoms with Crippen molar-refractivity contribution in [2.75, 3.05) is 9.80 Å². The summed E-state index contributed by atoms with van der Waals surface area (Å²) < 4.78 is 9.90. The van der Waals surface area contributed by atoms with Gasteiger partial charge in [-0.25, -0.2) is 0 Å². The van der Waals surface area contributed by atoms with Crippen molar-refractivity contribution in [2.24, 2.45) is 0 Å². The Morgan fingerprint density at radius 1 is 0.447 bits per heavy atom. The van der Waals surface area contributed by atoms with Crippen molar-refractivity contribution < 1.29 is 4.42 Å². The van der Waals surface area contributed by atoms with E-state index in [2.05, 4.69) is 274 Å². The lowest BCUT2D eigenvalue weighted by Gasteiger charge is -2.40. The van der Waals surface area contributed by atoms with Crippen LogP contribution in [-0.2, 0) is 10.8 Å². The van der Waals surface area contributed by atoms with E-state index >= 15 is 0 Å². The highest BCUT2D eigenvalue weighted by atomic mass is 32.2. The molecule has 0 aliphatic carbocycles. The Balaban J connectivity index is 0.987. The molecule has 0 atom stereocenters. The van der Waals surface area contributed by atoms with E-state index < -0.39 is 0 Å². The van der Waals surface area contributed by atoms with Crippen molar-refractivity contribution >= 4 is 118 Å². The van der Waals surface area contributed by atoms with Crippen molar-refractivity contribution in [3.05, 3.63) is 230 Å². The predicted octanol–water partition coefficient (Wildman–Crippen LogP) is 17.7. The van der Waals surface area contributed by atoms with Crippen LogP contribution in [-0.4, -0.2) is 11.1 Å². The van der Waals surface area contributed by atoms with E-state index in [1.165, 1.54) is 86.8 Å². The Hall–Kier alpha value is -8.45. The number of aromatic nitrogens is 1. The molecular formula is C70H54BN3OS. The third kappa shape index (κ3) is 6.79. The summed E-state index contributed by atoms with van der Waals surface area (Å²) in [6.45, 7) is 13.8. The largest absolute Gasteiger partial charge is 0.468 e. The number of benzene rings is 10. The van der Waals surface area contributed by atoms with Gasteiger partial charge in [-0.05, 0) is 141 Å². The molecule has 2 aliphatic rings. The third-order valence-electron chi connectivity index (χ3n) is 16.2. The average molecular weight is 996 g/mol. The van der Waals surface area contributed by atoms with Gasteiger partial charge in [-0.3, -0.25) is 0 Å². The third-order valence-corrected chi connectivity index (χ3v) is 17.4. The zero-order valence-corrected chi connectivity index (χ0v) is 44.3. The monoisotopic (exact) mass is 995 g/mol. The number of rotatable bonds is 6. The normalized spacial score (nSPS) is 13.3. The van der Waals surface area contributed by atoms with E-state index in [0.717, 1.165) is 56.2 Å². The molecule has 0 fully saturated rings. The molecule has 76 heavy (non-hydrogen) atoms. The summed E-state index contributed by atoms with van der Waals surface area (Å²) in [6, 6.07) is 81.2. The lowest BCUT2D eigenvalue weighted by Crippen LogP contribution is -2.59. The fraction of sp³-hybridized carbons (Fsp3) is 0.114. The molecule has 15 rings (SSSR count). The van der Waals surface area contributed by atoms with E-state index in [-0.39, 0.29) is 17.5 Å². The van der Waals surface area contributed by atoms with Gasteiger partial charge in [-0.1, -0.05) is 180 Å². The van der Waals surface area contributed by atoms with Crippen molar-refractivity contribution in [3.63, 3.8) is 0 Å². The van der Waals surface area contributed by atoms with Crippen LogP contribution in [0.4, 0.5) is 34.1 Å². The molecule has 0 N–H and O–H groups in total. The second kappa shape index (κ2) is 16.5. The highest BCUT2D eigenvalue weighted by molar-refractivity contribution is 8.00. The molecule has 2 aliphatic heterocycles. The summed E-state index contributed by atoms with van der Waals surface area (Å²) in [5.41, 5.74) is 22.0. The molecule has 5 heterocycles. The van der Waals surface area contributed by atoms with E-state index in [4.69, 9.17) is 4.42 Å². The van der Waals surface area contributed by atoms with Crippen LogP contribution < -0.4 is 26.4 Å². The minimum Gasteiger partial charge on any atom is -0.468 e.